The molecule has 152 valence electrons. The Morgan fingerprint density at radius 3 is 2.70 bits per heavy atom. The molecule has 4 rings (SSSR count). The van der Waals surface area contributed by atoms with Gasteiger partial charge < -0.3 is 10.1 Å². The Kier molecular flexibility index (Phi) is 5.63. The Labute approximate surface area is 178 Å². The van der Waals surface area contributed by atoms with Crippen LogP contribution >= 0.6 is 11.3 Å². The summed E-state index contributed by atoms with van der Waals surface area (Å²) in [7, 11) is 0. The number of imidazole rings is 1. The molecule has 0 saturated heterocycles. The number of amides is 1. The fourth-order valence-corrected chi connectivity index (χ4v) is 4.04. The van der Waals surface area contributed by atoms with Crippen molar-refractivity contribution in [3.8, 4) is 17.0 Å². The summed E-state index contributed by atoms with van der Waals surface area (Å²) >= 11 is 1.50. The van der Waals surface area contributed by atoms with E-state index in [1.807, 2.05) is 47.2 Å². The standard InChI is InChI=1S/C23H21N3O3S/c1-3-29-20-9-7-16(8-10-20)21-13-26-19(14-30-23(26)25-21)12-22(28)24-18-6-4-5-17(11-18)15(2)27/h4-11,13-14H,3,12H2,1-2H3,(H,24,28). The lowest BCUT2D eigenvalue weighted by atomic mass is 10.1. The minimum atomic E-state index is -0.147. The SMILES string of the molecule is CCOc1ccc(-c2cn3c(CC(=O)Nc4cccc(C(C)=O)c4)csc3n2)cc1. The topological polar surface area (TPSA) is 72.7 Å². The second-order valence-electron chi connectivity index (χ2n) is 6.83. The smallest absolute Gasteiger partial charge is 0.230 e. The van der Waals surface area contributed by atoms with Gasteiger partial charge in [0.25, 0.3) is 0 Å². The number of nitrogens with zero attached hydrogens (tertiary/aromatic N) is 2. The molecule has 2 heterocycles. The first kappa shape index (κ1) is 19.8. The van der Waals surface area contributed by atoms with E-state index < -0.39 is 0 Å². The molecule has 0 saturated carbocycles. The van der Waals surface area contributed by atoms with Gasteiger partial charge in [0.2, 0.25) is 5.91 Å². The van der Waals surface area contributed by atoms with Crippen molar-refractivity contribution in [2.75, 3.05) is 11.9 Å². The van der Waals surface area contributed by atoms with E-state index in [0.717, 1.165) is 27.7 Å². The number of rotatable bonds is 7. The molecule has 30 heavy (non-hydrogen) atoms. The predicted molar refractivity (Wildman–Crippen MR) is 118 cm³/mol. The molecule has 1 amide bonds. The zero-order valence-corrected chi connectivity index (χ0v) is 17.5. The van der Waals surface area contributed by atoms with Crippen LogP contribution in [0.4, 0.5) is 5.69 Å². The van der Waals surface area contributed by atoms with E-state index in [1.54, 1.807) is 24.3 Å². The first-order valence-electron chi connectivity index (χ1n) is 9.63. The van der Waals surface area contributed by atoms with Crippen molar-refractivity contribution >= 4 is 33.7 Å². The van der Waals surface area contributed by atoms with E-state index in [1.165, 1.54) is 18.3 Å². The van der Waals surface area contributed by atoms with Crippen LogP contribution in [-0.2, 0) is 11.2 Å². The number of anilines is 1. The van der Waals surface area contributed by atoms with E-state index in [0.29, 0.717) is 17.9 Å². The summed E-state index contributed by atoms with van der Waals surface area (Å²) in [5, 5.41) is 4.80. The van der Waals surface area contributed by atoms with Gasteiger partial charge in [-0.15, -0.1) is 11.3 Å². The number of benzene rings is 2. The highest BCUT2D eigenvalue weighted by Gasteiger charge is 2.13. The summed E-state index contributed by atoms with van der Waals surface area (Å²) in [4.78, 5) is 29.6. The molecule has 4 aromatic rings. The number of Topliss-reactive ketones (excluding diaryl/α,β-unsaturated/α-hetero) is 1. The molecule has 0 spiro atoms. The predicted octanol–water partition coefficient (Wildman–Crippen LogP) is 4.85. The van der Waals surface area contributed by atoms with Gasteiger partial charge in [0.1, 0.15) is 5.75 Å². The van der Waals surface area contributed by atoms with Gasteiger partial charge in [0.05, 0.1) is 18.7 Å². The van der Waals surface area contributed by atoms with Gasteiger partial charge in [-0.1, -0.05) is 12.1 Å². The molecule has 2 aromatic heterocycles. The molecule has 0 aliphatic heterocycles. The number of aromatic nitrogens is 2. The summed E-state index contributed by atoms with van der Waals surface area (Å²) < 4.78 is 7.43. The maximum Gasteiger partial charge on any atom is 0.230 e. The number of carbonyl (C=O) groups excluding carboxylic acids is 2. The number of ketones is 1. The Morgan fingerprint density at radius 1 is 1.17 bits per heavy atom. The highest BCUT2D eigenvalue weighted by atomic mass is 32.1. The summed E-state index contributed by atoms with van der Waals surface area (Å²) in [5.41, 5.74) is 3.88. The largest absolute Gasteiger partial charge is 0.494 e. The molecule has 0 fully saturated rings. The Balaban J connectivity index is 1.50. The number of hydrogen-bond donors (Lipinski definition) is 1. The summed E-state index contributed by atoms with van der Waals surface area (Å²) in [5.74, 6) is 0.645. The van der Waals surface area contributed by atoms with Crippen LogP contribution in [-0.4, -0.2) is 27.7 Å². The molecule has 0 aliphatic carbocycles. The van der Waals surface area contributed by atoms with Crippen LogP contribution in [0.5, 0.6) is 5.75 Å². The summed E-state index contributed by atoms with van der Waals surface area (Å²) in [6.07, 6.45) is 2.16. The van der Waals surface area contributed by atoms with Crippen LogP contribution < -0.4 is 10.1 Å². The van der Waals surface area contributed by atoms with E-state index in [9.17, 15) is 9.59 Å². The van der Waals surface area contributed by atoms with Crippen molar-refractivity contribution in [3.63, 3.8) is 0 Å². The maximum absolute atomic E-state index is 12.5. The maximum atomic E-state index is 12.5. The highest BCUT2D eigenvalue weighted by molar-refractivity contribution is 7.15. The minimum absolute atomic E-state index is 0.0362. The van der Waals surface area contributed by atoms with E-state index in [4.69, 9.17) is 4.74 Å². The average Bonchev–Trinajstić information content (AvgIpc) is 3.31. The van der Waals surface area contributed by atoms with Crippen molar-refractivity contribution in [2.24, 2.45) is 0 Å². The van der Waals surface area contributed by atoms with Crippen LogP contribution in [0.15, 0.2) is 60.1 Å². The lowest BCUT2D eigenvalue weighted by Gasteiger charge is -2.06. The molecule has 0 radical (unpaired) electrons. The van der Waals surface area contributed by atoms with Gasteiger partial charge in [0, 0.05) is 34.1 Å². The molecular weight excluding hydrogens is 398 g/mol. The minimum Gasteiger partial charge on any atom is -0.494 e. The molecule has 7 heteroatoms. The van der Waals surface area contributed by atoms with Crippen LogP contribution in [0.1, 0.15) is 29.9 Å². The fourth-order valence-electron chi connectivity index (χ4n) is 3.17. The summed E-state index contributed by atoms with van der Waals surface area (Å²) in [6.45, 7) is 4.09. The summed E-state index contributed by atoms with van der Waals surface area (Å²) in [6, 6.07) is 14.8. The van der Waals surface area contributed by atoms with Crippen molar-refractivity contribution in [1.82, 2.24) is 9.38 Å². The third-order valence-electron chi connectivity index (χ3n) is 4.64. The number of thiazole rings is 1. The van der Waals surface area contributed by atoms with Gasteiger partial charge in [-0.25, -0.2) is 4.98 Å². The van der Waals surface area contributed by atoms with Crippen molar-refractivity contribution in [1.29, 1.82) is 0 Å². The first-order chi connectivity index (χ1) is 14.5. The number of hydrogen-bond acceptors (Lipinski definition) is 5. The van der Waals surface area contributed by atoms with Crippen LogP contribution in [0.2, 0.25) is 0 Å². The van der Waals surface area contributed by atoms with Gasteiger partial charge in [-0.2, -0.15) is 0 Å². The third-order valence-corrected chi connectivity index (χ3v) is 5.53. The monoisotopic (exact) mass is 419 g/mol. The molecule has 1 N–H and O–H groups in total. The Morgan fingerprint density at radius 2 is 1.97 bits per heavy atom. The van der Waals surface area contributed by atoms with Crippen molar-refractivity contribution in [3.05, 3.63) is 71.4 Å². The average molecular weight is 420 g/mol. The fraction of sp³-hybridized carbons (Fsp3) is 0.174. The molecule has 0 atom stereocenters. The number of ether oxygens (including phenoxy) is 1. The van der Waals surface area contributed by atoms with E-state index >= 15 is 0 Å². The number of fused-ring (bicyclic) bond motifs is 1. The lowest BCUT2D eigenvalue weighted by Crippen LogP contribution is -2.15. The Hall–Kier alpha value is -3.45. The van der Waals surface area contributed by atoms with Gasteiger partial charge in [-0.05, 0) is 50.2 Å². The van der Waals surface area contributed by atoms with Gasteiger partial charge in [0.15, 0.2) is 10.7 Å². The lowest BCUT2D eigenvalue weighted by molar-refractivity contribution is -0.115. The highest BCUT2D eigenvalue weighted by Crippen LogP contribution is 2.26. The molecule has 0 unspecified atom stereocenters. The van der Waals surface area contributed by atoms with Crippen molar-refractivity contribution in [2.45, 2.75) is 20.3 Å². The third kappa shape index (κ3) is 4.26. The zero-order valence-electron chi connectivity index (χ0n) is 16.7. The van der Waals surface area contributed by atoms with Gasteiger partial charge >= 0.3 is 0 Å². The molecule has 0 bridgehead atoms. The van der Waals surface area contributed by atoms with Crippen molar-refractivity contribution < 1.29 is 14.3 Å². The molecule has 0 aliphatic rings. The van der Waals surface area contributed by atoms with Crippen LogP contribution in [0, 0.1) is 0 Å². The van der Waals surface area contributed by atoms with Crippen LogP contribution in [0.25, 0.3) is 16.2 Å². The number of carbonyl (C=O) groups is 2. The second kappa shape index (κ2) is 8.51. The second-order valence-corrected chi connectivity index (χ2v) is 7.66. The first-order valence-corrected chi connectivity index (χ1v) is 10.5. The van der Waals surface area contributed by atoms with E-state index in [2.05, 4.69) is 10.3 Å². The normalized spacial score (nSPS) is 10.9. The zero-order chi connectivity index (χ0) is 21.1. The van der Waals surface area contributed by atoms with Gasteiger partial charge in [-0.3, -0.25) is 14.0 Å². The molecule has 2 aromatic carbocycles. The number of nitrogens with one attached hydrogen (secondary N) is 1. The molecule has 6 nitrogen and oxygen atoms in total. The quantitative estimate of drug-likeness (QED) is 0.435. The van der Waals surface area contributed by atoms with Crippen LogP contribution in [0.3, 0.4) is 0 Å². The molecular formula is C23H21N3O3S. The Bertz CT molecular complexity index is 1210. The van der Waals surface area contributed by atoms with E-state index in [-0.39, 0.29) is 18.1 Å².